The number of cyclic esters (lactones) is 1. The molecular formula is C17H13NO2S. The maximum absolute atomic E-state index is 11.9. The molecule has 4 heteroatoms. The van der Waals surface area contributed by atoms with E-state index in [1.54, 1.807) is 17.8 Å². The number of hydrogen-bond donors (Lipinski definition) is 0. The van der Waals surface area contributed by atoms with Crippen LogP contribution in [0.2, 0.25) is 0 Å². The van der Waals surface area contributed by atoms with Gasteiger partial charge in [-0.1, -0.05) is 30.3 Å². The minimum atomic E-state index is -0.414. The first-order valence-electron chi connectivity index (χ1n) is 6.48. The Morgan fingerprint density at radius 1 is 1.05 bits per heavy atom. The van der Waals surface area contributed by atoms with Gasteiger partial charge in [-0.25, -0.2) is 9.79 Å². The lowest BCUT2D eigenvalue weighted by atomic mass is 10.2. The summed E-state index contributed by atoms with van der Waals surface area (Å²) in [6, 6.07) is 17.3. The predicted octanol–water partition coefficient (Wildman–Crippen LogP) is 3.75. The molecule has 0 aliphatic carbocycles. The highest BCUT2D eigenvalue weighted by Crippen LogP contribution is 2.20. The van der Waals surface area contributed by atoms with Crippen LogP contribution >= 0.6 is 11.8 Å². The Hall–Kier alpha value is -2.33. The average molecular weight is 295 g/mol. The lowest BCUT2D eigenvalue weighted by Crippen LogP contribution is -2.04. The Labute approximate surface area is 127 Å². The standard InChI is InChI=1S/C17H13NO2S/c1-21-14-9-7-12(8-10-14)11-15-17(19)20-16(18-15)13-5-3-2-4-6-13/h2-11H,1H3/b15-11+. The van der Waals surface area contributed by atoms with Gasteiger partial charge in [0.25, 0.3) is 0 Å². The summed E-state index contributed by atoms with van der Waals surface area (Å²) in [4.78, 5) is 17.3. The van der Waals surface area contributed by atoms with E-state index in [2.05, 4.69) is 4.99 Å². The number of benzene rings is 2. The molecule has 3 nitrogen and oxygen atoms in total. The number of thioether (sulfide) groups is 1. The predicted molar refractivity (Wildman–Crippen MR) is 85.3 cm³/mol. The monoisotopic (exact) mass is 295 g/mol. The SMILES string of the molecule is CSc1ccc(/C=C2/N=C(c3ccccc3)OC2=O)cc1. The third kappa shape index (κ3) is 3.06. The first-order chi connectivity index (χ1) is 10.3. The van der Waals surface area contributed by atoms with Gasteiger partial charge in [0.15, 0.2) is 5.70 Å². The molecule has 0 N–H and O–H groups in total. The molecule has 0 saturated heterocycles. The molecule has 2 aromatic rings. The smallest absolute Gasteiger partial charge is 0.363 e. The van der Waals surface area contributed by atoms with Gasteiger partial charge in [0.1, 0.15) is 0 Å². The van der Waals surface area contributed by atoms with Gasteiger partial charge < -0.3 is 4.74 Å². The Balaban J connectivity index is 1.89. The zero-order valence-electron chi connectivity index (χ0n) is 11.4. The van der Waals surface area contributed by atoms with E-state index in [4.69, 9.17) is 4.74 Å². The molecule has 3 rings (SSSR count). The fourth-order valence-corrected chi connectivity index (χ4v) is 2.38. The second-order valence-electron chi connectivity index (χ2n) is 4.48. The number of carbonyl (C=O) groups excluding carboxylic acids is 1. The van der Waals surface area contributed by atoms with Crippen LogP contribution in [0.25, 0.3) is 6.08 Å². The summed E-state index contributed by atoms with van der Waals surface area (Å²) < 4.78 is 5.22. The topological polar surface area (TPSA) is 38.7 Å². The van der Waals surface area contributed by atoms with E-state index in [1.807, 2.05) is 60.9 Å². The Morgan fingerprint density at radius 3 is 2.43 bits per heavy atom. The highest BCUT2D eigenvalue weighted by Gasteiger charge is 2.23. The van der Waals surface area contributed by atoms with Crippen LogP contribution in [-0.4, -0.2) is 18.1 Å². The zero-order valence-corrected chi connectivity index (χ0v) is 12.3. The molecule has 0 atom stereocenters. The van der Waals surface area contributed by atoms with Gasteiger partial charge in [-0.3, -0.25) is 0 Å². The third-order valence-corrected chi connectivity index (χ3v) is 3.80. The van der Waals surface area contributed by atoms with Crippen LogP contribution in [0.5, 0.6) is 0 Å². The van der Waals surface area contributed by atoms with Crippen molar-refractivity contribution in [1.29, 1.82) is 0 Å². The van der Waals surface area contributed by atoms with E-state index in [-0.39, 0.29) is 0 Å². The number of nitrogens with zero attached hydrogens (tertiary/aromatic N) is 1. The molecule has 1 heterocycles. The molecular weight excluding hydrogens is 282 g/mol. The van der Waals surface area contributed by atoms with Crippen molar-refractivity contribution >= 4 is 29.7 Å². The molecule has 2 aromatic carbocycles. The molecule has 0 aromatic heterocycles. The van der Waals surface area contributed by atoms with Crippen LogP contribution in [0, 0.1) is 0 Å². The fraction of sp³-hybridized carbons (Fsp3) is 0.0588. The first-order valence-corrected chi connectivity index (χ1v) is 7.71. The Morgan fingerprint density at radius 2 is 1.76 bits per heavy atom. The number of ether oxygens (including phenoxy) is 1. The lowest BCUT2D eigenvalue weighted by Gasteiger charge is -1.97. The van der Waals surface area contributed by atoms with Crippen LogP contribution in [0.15, 0.2) is 70.2 Å². The van der Waals surface area contributed by atoms with Crippen LogP contribution in [0.1, 0.15) is 11.1 Å². The van der Waals surface area contributed by atoms with Crippen molar-refractivity contribution in [2.24, 2.45) is 4.99 Å². The lowest BCUT2D eigenvalue weighted by molar-refractivity contribution is -0.129. The average Bonchev–Trinajstić information content (AvgIpc) is 2.90. The zero-order chi connectivity index (χ0) is 14.7. The second kappa shape index (κ2) is 5.97. The molecule has 0 unspecified atom stereocenters. The van der Waals surface area contributed by atoms with E-state index in [9.17, 15) is 4.79 Å². The number of aliphatic imine (C=N–C) groups is 1. The molecule has 0 amide bonds. The Bertz CT molecular complexity index is 718. The highest BCUT2D eigenvalue weighted by molar-refractivity contribution is 7.98. The van der Waals surface area contributed by atoms with Crippen molar-refractivity contribution in [3.63, 3.8) is 0 Å². The first kappa shape index (κ1) is 13.6. The minimum Gasteiger partial charge on any atom is -0.402 e. The van der Waals surface area contributed by atoms with Gasteiger partial charge in [0, 0.05) is 10.5 Å². The van der Waals surface area contributed by atoms with E-state index in [1.165, 1.54) is 4.90 Å². The molecule has 0 spiro atoms. The molecule has 0 bridgehead atoms. The summed E-state index contributed by atoms with van der Waals surface area (Å²) in [6.07, 6.45) is 3.76. The number of hydrogen-bond acceptors (Lipinski definition) is 4. The molecule has 1 aliphatic heterocycles. The van der Waals surface area contributed by atoms with Crippen molar-refractivity contribution < 1.29 is 9.53 Å². The molecule has 0 saturated carbocycles. The Kier molecular flexibility index (Phi) is 3.88. The van der Waals surface area contributed by atoms with E-state index in [0.717, 1.165) is 11.1 Å². The van der Waals surface area contributed by atoms with Gasteiger partial charge in [-0.2, -0.15) is 0 Å². The summed E-state index contributed by atoms with van der Waals surface area (Å²) >= 11 is 1.68. The van der Waals surface area contributed by atoms with Crippen molar-refractivity contribution in [2.45, 2.75) is 4.90 Å². The summed E-state index contributed by atoms with van der Waals surface area (Å²) in [5, 5.41) is 0. The maximum Gasteiger partial charge on any atom is 0.363 e. The van der Waals surface area contributed by atoms with Crippen LogP contribution in [0.3, 0.4) is 0 Å². The second-order valence-corrected chi connectivity index (χ2v) is 5.35. The maximum atomic E-state index is 11.9. The van der Waals surface area contributed by atoms with Crippen molar-refractivity contribution in [3.8, 4) is 0 Å². The highest BCUT2D eigenvalue weighted by atomic mass is 32.2. The van der Waals surface area contributed by atoms with Gasteiger partial charge in [0.05, 0.1) is 0 Å². The molecule has 21 heavy (non-hydrogen) atoms. The quantitative estimate of drug-likeness (QED) is 0.492. The molecule has 0 radical (unpaired) electrons. The molecule has 1 aliphatic rings. The molecule has 0 fully saturated rings. The summed E-state index contributed by atoms with van der Waals surface area (Å²) in [7, 11) is 0. The third-order valence-electron chi connectivity index (χ3n) is 3.06. The normalized spacial score (nSPS) is 16.0. The van der Waals surface area contributed by atoms with E-state index >= 15 is 0 Å². The van der Waals surface area contributed by atoms with E-state index in [0.29, 0.717) is 11.6 Å². The minimum absolute atomic E-state index is 0.325. The van der Waals surface area contributed by atoms with Crippen molar-refractivity contribution in [3.05, 3.63) is 71.4 Å². The van der Waals surface area contributed by atoms with E-state index < -0.39 is 5.97 Å². The van der Waals surface area contributed by atoms with Crippen molar-refractivity contribution in [2.75, 3.05) is 6.26 Å². The summed E-state index contributed by atoms with van der Waals surface area (Å²) in [5.41, 5.74) is 2.05. The number of carbonyl (C=O) groups is 1. The van der Waals surface area contributed by atoms with Gasteiger partial charge in [-0.05, 0) is 42.2 Å². The number of esters is 1. The largest absolute Gasteiger partial charge is 0.402 e. The fourth-order valence-electron chi connectivity index (χ4n) is 1.97. The van der Waals surface area contributed by atoms with Gasteiger partial charge in [-0.15, -0.1) is 11.8 Å². The van der Waals surface area contributed by atoms with Crippen LogP contribution < -0.4 is 0 Å². The number of rotatable bonds is 3. The van der Waals surface area contributed by atoms with Gasteiger partial charge >= 0.3 is 5.97 Å². The van der Waals surface area contributed by atoms with Crippen LogP contribution in [0.4, 0.5) is 0 Å². The molecule has 104 valence electrons. The summed E-state index contributed by atoms with van der Waals surface area (Å²) in [5.74, 6) is -0.0598. The van der Waals surface area contributed by atoms with Crippen LogP contribution in [-0.2, 0) is 9.53 Å². The van der Waals surface area contributed by atoms with Gasteiger partial charge in [0.2, 0.25) is 5.90 Å². The summed E-state index contributed by atoms with van der Waals surface area (Å²) in [6.45, 7) is 0. The van der Waals surface area contributed by atoms with Crippen molar-refractivity contribution in [1.82, 2.24) is 0 Å².